The minimum absolute atomic E-state index is 0.413. The molecule has 1 saturated carbocycles. The summed E-state index contributed by atoms with van der Waals surface area (Å²) in [4.78, 5) is 0. The van der Waals surface area contributed by atoms with Crippen LogP contribution < -0.4 is 0 Å². The van der Waals surface area contributed by atoms with Crippen molar-refractivity contribution in [2.45, 2.75) is 37.5 Å². The first kappa shape index (κ1) is 13.4. The molecule has 1 aliphatic rings. The van der Waals surface area contributed by atoms with Gasteiger partial charge in [0.2, 0.25) is 0 Å². The van der Waals surface area contributed by atoms with E-state index in [0.717, 1.165) is 19.3 Å². The Hall–Kier alpha value is 0.290. The minimum atomic E-state index is -9.33. The highest BCUT2D eigenvalue weighted by Gasteiger charge is 2.64. The van der Waals surface area contributed by atoms with E-state index in [1.807, 2.05) is 0 Å². The molecule has 0 radical (unpaired) electrons. The Morgan fingerprint density at radius 2 is 1.47 bits per heavy atom. The zero-order valence-electron chi connectivity index (χ0n) is 8.07. The van der Waals surface area contributed by atoms with Crippen LogP contribution in [0.1, 0.15) is 32.1 Å². The molecule has 0 bridgehead atoms. The van der Waals surface area contributed by atoms with Crippen LogP contribution in [0.4, 0.5) is 19.4 Å². The number of alkyl halides is 1. The molecular formula is C8H14ClF5S. The largest absolute Gasteiger partial charge is 0.287 e. The maximum Gasteiger partial charge on any atom is 0.287 e. The van der Waals surface area contributed by atoms with Crippen molar-refractivity contribution in [3.63, 3.8) is 0 Å². The lowest BCUT2D eigenvalue weighted by Gasteiger charge is -2.43. The summed E-state index contributed by atoms with van der Waals surface area (Å²) >= 11 is 5.45. The van der Waals surface area contributed by atoms with Crippen molar-refractivity contribution in [3.05, 3.63) is 0 Å². The molecule has 1 atom stereocenters. The third-order valence-electron chi connectivity index (χ3n) is 2.64. The second-order valence-corrected chi connectivity index (χ2v) is 7.36. The highest BCUT2D eigenvalue weighted by Crippen LogP contribution is 2.98. The summed E-state index contributed by atoms with van der Waals surface area (Å²) in [5.41, 5.74) is 0. The summed E-state index contributed by atoms with van der Waals surface area (Å²) in [5, 5.41) is -1.47. The molecule has 15 heavy (non-hydrogen) atoms. The first-order valence-electron chi connectivity index (χ1n) is 4.84. The van der Waals surface area contributed by atoms with E-state index >= 15 is 0 Å². The van der Waals surface area contributed by atoms with E-state index in [0.29, 0.717) is 12.8 Å². The Bertz CT molecular complexity index is 229. The minimum Gasteiger partial charge on any atom is -0.121 e. The number of hydrogen-bond acceptors (Lipinski definition) is 0. The smallest absolute Gasteiger partial charge is 0.121 e. The highest BCUT2D eigenvalue weighted by molar-refractivity contribution is 8.45. The highest BCUT2D eigenvalue weighted by atomic mass is 35.5. The van der Waals surface area contributed by atoms with Crippen molar-refractivity contribution < 1.29 is 19.4 Å². The van der Waals surface area contributed by atoms with Gasteiger partial charge in [-0.3, -0.25) is 0 Å². The summed E-state index contributed by atoms with van der Waals surface area (Å²) in [6.45, 7) is 0. The molecular weight excluding hydrogens is 259 g/mol. The normalized spacial score (nSPS) is 26.8. The predicted octanol–water partition coefficient (Wildman–Crippen LogP) is 5.47. The van der Waals surface area contributed by atoms with Crippen molar-refractivity contribution in [2.24, 2.45) is 5.92 Å². The molecule has 0 spiro atoms. The van der Waals surface area contributed by atoms with E-state index in [2.05, 4.69) is 0 Å². The zero-order valence-corrected chi connectivity index (χ0v) is 9.65. The SMILES string of the molecule is FS(F)(F)(F)(F)CC(Cl)C1CCCCC1. The van der Waals surface area contributed by atoms with Gasteiger partial charge in [-0.25, -0.2) is 0 Å². The molecule has 94 valence electrons. The molecule has 1 fully saturated rings. The van der Waals surface area contributed by atoms with Crippen LogP contribution in [0.15, 0.2) is 0 Å². The van der Waals surface area contributed by atoms with Gasteiger partial charge in [0.05, 0.1) is 5.38 Å². The van der Waals surface area contributed by atoms with E-state index in [1.165, 1.54) is 0 Å². The van der Waals surface area contributed by atoms with Crippen LogP contribution in [0.25, 0.3) is 0 Å². The van der Waals surface area contributed by atoms with E-state index in [1.54, 1.807) is 0 Å². The van der Waals surface area contributed by atoms with E-state index in [4.69, 9.17) is 11.6 Å². The van der Waals surface area contributed by atoms with Crippen LogP contribution in [0.2, 0.25) is 0 Å². The third-order valence-corrected chi connectivity index (χ3v) is 4.32. The van der Waals surface area contributed by atoms with Crippen molar-refractivity contribution >= 4 is 21.8 Å². The van der Waals surface area contributed by atoms with Gasteiger partial charge in [-0.1, -0.05) is 38.7 Å². The average molecular weight is 273 g/mol. The van der Waals surface area contributed by atoms with Crippen LogP contribution >= 0.6 is 21.8 Å². The van der Waals surface area contributed by atoms with Gasteiger partial charge in [-0.05, 0) is 18.8 Å². The van der Waals surface area contributed by atoms with Gasteiger partial charge in [0, 0.05) is 0 Å². The Kier molecular flexibility index (Phi) is 3.02. The second kappa shape index (κ2) is 3.39. The van der Waals surface area contributed by atoms with Crippen LogP contribution in [0.3, 0.4) is 0 Å². The maximum absolute atomic E-state index is 12.1. The lowest BCUT2D eigenvalue weighted by Crippen LogP contribution is -2.28. The molecule has 1 unspecified atom stereocenters. The van der Waals surface area contributed by atoms with Gasteiger partial charge in [0.1, 0.15) is 5.75 Å². The number of rotatable bonds is 3. The average Bonchev–Trinajstić information content (AvgIpc) is 2.00. The standard InChI is InChI=1S/C8H14ClF5S/c9-8(6-15(10,11,12,13)14)7-4-2-1-3-5-7/h7-8H,1-6H2. The van der Waals surface area contributed by atoms with Gasteiger partial charge < -0.3 is 0 Å². The van der Waals surface area contributed by atoms with Gasteiger partial charge in [0.15, 0.2) is 0 Å². The van der Waals surface area contributed by atoms with Crippen LogP contribution in [-0.2, 0) is 0 Å². The summed E-state index contributed by atoms with van der Waals surface area (Å²) in [5.74, 6) is -2.53. The molecule has 0 aromatic heterocycles. The molecule has 0 aliphatic heterocycles. The molecule has 0 saturated heterocycles. The molecule has 0 aromatic rings. The molecule has 1 aliphatic carbocycles. The molecule has 1 rings (SSSR count). The molecule has 0 amide bonds. The number of halogens is 6. The lowest BCUT2D eigenvalue weighted by atomic mass is 9.87. The Balaban J connectivity index is 2.59. The predicted molar refractivity (Wildman–Crippen MR) is 54.2 cm³/mol. The van der Waals surface area contributed by atoms with Crippen LogP contribution in [0, 0.1) is 5.92 Å². The Morgan fingerprint density at radius 3 is 1.87 bits per heavy atom. The van der Waals surface area contributed by atoms with Crippen LogP contribution in [0.5, 0.6) is 0 Å². The summed E-state index contributed by atoms with van der Waals surface area (Å²) < 4.78 is 60.7. The Morgan fingerprint density at radius 1 is 1.00 bits per heavy atom. The fourth-order valence-electron chi connectivity index (χ4n) is 1.93. The van der Waals surface area contributed by atoms with Crippen molar-refractivity contribution in [2.75, 3.05) is 5.75 Å². The fraction of sp³-hybridized carbons (Fsp3) is 1.00. The Labute approximate surface area is 90.9 Å². The second-order valence-electron chi connectivity index (χ2n) is 4.21. The van der Waals surface area contributed by atoms with E-state index < -0.39 is 27.3 Å². The molecule has 0 N–H and O–H groups in total. The third kappa shape index (κ3) is 5.80. The fourth-order valence-corrected chi connectivity index (χ4v) is 3.77. The van der Waals surface area contributed by atoms with E-state index in [-0.39, 0.29) is 0 Å². The van der Waals surface area contributed by atoms with Crippen molar-refractivity contribution in [3.8, 4) is 0 Å². The van der Waals surface area contributed by atoms with Crippen molar-refractivity contribution in [1.82, 2.24) is 0 Å². The molecule has 0 aromatic carbocycles. The first-order valence-corrected chi connectivity index (χ1v) is 7.39. The summed E-state index contributed by atoms with van der Waals surface area (Å²) in [6, 6.07) is 0. The topological polar surface area (TPSA) is 0 Å². The van der Waals surface area contributed by atoms with E-state index in [9.17, 15) is 19.4 Å². The van der Waals surface area contributed by atoms with Gasteiger partial charge >= 0.3 is 0 Å². The number of hydrogen-bond donors (Lipinski definition) is 0. The van der Waals surface area contributed by atoms with Gasteiger partial charge in [0.25, 0.3) is 10.2 Å². The lowest BCUT2D eigenvalue weighted by molar-refractivity contribution is 0.324. The van der Waals surface area contributed by atoms with Gasteiger partial charge in [-0.2, -0.15) is 0 Å². The maximum atomic E-state index is 12.1. The first-order chi connectivity index (χ1) is 6.47. The van der Waals surface area contributed by atoms with Crippen molar-refractivity contribution in [1.29, 1.82) is 0 Å². The summed E-state index contributed by atoms with van der Waals surface area (Å²) in [6.07, 6.45) is 3.59. The van der Waals surface area contributed by atoms with Crippen LogP contribution in [-0.4, -0.2) is 11.1 Å². The monoisotopic (exact) mass is 272 g/mol. The molecule has 7 heteroatoms. The molecule has 0 nitrogen and oxygen atoms in total. The van der Waals surface area contributed by atoms with Gasteiger partial charge in [-0.15, -0.1) is 11.6 Å². The molecule has 0 heterocycles. The zero-order chi connectivity index (χ0) is 11.8. The summed E-state index contributed by atoms with van der Waals surface area (Å²) in [7, 11) is -9.33. The quantitative estimate of drug-likeness (QED) is 0.472.